The van der Waals surface area contributed by atoms with Gasteiger partial charge in [0.25, 0.3) is 0 Å². The maximum absolute atomic E-state index is 12.2. The standard InChI is InChI=1S/C18H28N6O6P/c1-8(2)30-18(27)10(4)23-31(28)29-5-11-9(3)13(15(26)14(11)25)24-7-22-12-16(19)20-6-21-17(12)24/h6-11,13-15,25-26H,5H2,1-4H3,(H,23,28)(H2,19,20,21)/q+1/t9?,10-,11-,13+,14+,15-/m0/s1. The number of hydrogen-bond acceptors (Lipinski definition) is 10. The number of nitrogens with zero attached hydrogens (tertiary/aromatic N) is 4. The molecular weight excluding hydrogens is 427 g/mol. The Morgan fingerprint density at radius 3 is 2.68 bits per heavy atom. The first-order chi connectivity index (χ1) is 14.6. The van der Waals surface area contributed by atoms with Crippen molar-refractivity contribution in [1.29, 1.82) is 0 Å². The van der Waals surface area contributed by atoms with Gasteiger partial charge in [-0.1, -0.05) is 12.0 Å². The monoisotopic (exact) mass is 455 g/mol. The van der Waals surface area contributed by atoms with Gasteiger partial charge in [-0.25, -0.2) is 15.0 Å². The lowest BCUT2D eigenvalue weighted by molar-refractivity contribution is -0.149. The van der Waals surface area contributed by atoms with Crippen molar-refractivity contribution in [3.8, 4) is 0 Å². The SMILES string of the molecule is CC(C)OC(=O)[C@H](C)N[P+](=O)OC[C@H]1C(C)[C@@H](n2cnc3c(N)ncnc32)[C@H](O)[C@@H]1O. The molecule has 1 saturated carbocycles. The molecule has 0 aromatic carbocycles. The number of aromatic nitrogens is 4. The van der Waals surface area contributed by atoms with E-state index in [9.17, 15) is 19.6 Å². The van der Waals surface area contributed by atoms with E-state index in [1.165, 1.54) is 19.6 Å². The molecule has 2 aromatic heterocycles. The van der Waals surface area contributed by atoms with Crippen LogP contribution in [0.4, 0.5) is 5.82 Å². The predicted molar refractivity (Wildman–Crippen MR) is 111 cm³/mol. The Morgan fingerprint density at radius 2 is 2.00 bits per heavy atom. The highest BCUT2D eigenvalue weighted by Crippen LogP contribution is 2.43. The normalized spacial score (nSPS) is 27.6. The van der Waals surface area contributed by atoms with Crippen LogP contribution in [0.1, 0.15) is 33.7 Å². The van der Waals surface area contributed by atoms with E-state index in [1.807, 2.05) is 6.92 Å². The average molecular weight is 455 g/mol. The number of anilines is 1. The highest BCUT2D eigenvalue weighted by Gasteiger charge is 2.49. The van der Waals surface area contributed by atoms with Crippen molar-refractivity contribution in [2.45, 2.75) is 58.1 Å². The number of hydrogen-bond donors (Lipinski definition) is 4. The molecule has 7 atom stereocenters. The van der Waals surface area contributed by atoms with E-state index in [1.54, 1.807) is 18.4 Å². The minimum absolute atomic E-state index is 0.0895. The molecule has 1 fully saturated rings. The van der Waals surface area contributed by atoms with Crippen LogP contribution >= 0.6 is 8.18 Å². The molecule has 0 bridgehead atoms. The number of carbonyl (C=O) groups excluding carboxylic acids is 1. The third kappa shape index (κ3) is 4.83. The summed E-state index contributed by atoms with van der Waals surface area (Å²) >= 11 is 0. The first-order valence-electron chi connectivity index (χ1n) is 9.97. The summed E-state index contributed by atoms with van der Waals surface area (Å²) < 4.78 is 24.3. The Hall–Kier alpha value is -2.24. The fraction of sp³-hybridized carbons (Fsp3) is 0.667. The predicted octanol–water partition coefficient (Wildman–Crippen LogP) is 0.541. The van der Waals surface area contributed by atoms with Gasteiger partial charge in [0.15, 0.2) is 11.5 Å². The molecule has 12 nitrogen and oxygen atoms in total. The summed E-state index contributed by atoms with van der Waals surface area (Å²) in [5.41, 5.74) is 6.68. The zero-order valence-electron chi connectivity index (χ0n) is 17.7. The van der Waals surface area contributed by atoms with Gasteiger partial charge in [-0.15, -0.1) is 4.52 Å². The maximum atomic E-state index is 12.2. The van der Waals surface area contributed by atoms with E-state index >= 15 is 0 Å². The average Bonchev–Trinajstić information content (AvgIpc) is 3.20. The van der Waals surface area contributed by atoms with Crippen LogP contribution in [0, 0.1) is 11.8 Å². The summed E-state index contributed by atoms with van der Waals surface area (Å²) in [5, 5.41) is 23.8. The summed E-state index contributed by atoms with van der Waals surface area (Å²) in [7, 11) is -2.39. The molecule has 0 spiro atoms. The Morgan fingerprint density at radius 1 is 1.29 bits per heavy atom. The summed E-state index contributed by atoms with van der Waals surface area (Å²) in [6.07, 6.45) is 0.274. The molecule has 1 aliphatic rings. The third-order valence-corrected chi connectivity index (χ3v) is 6.43. The second-order valence-electron chi connectivity index (χ2n) is 7.97. The van der Waals surface area contributed by atoms with Crippen LogP contribution < -0.4 is 10.8 Å². The van der Waals surface area contributed by atoms with E-state index in [0.29, 0.717) is 11.2 Å². The first-order valence-corrected chi connectivity index (χ1v) is 11.2. The van der Waals surface area contributed by atoms with Gasteiger partial charge in [-0.05, 0) is 31.3 Å². The quantitative estimate of drug-likeness (QED) is 0.323. The molecule has 3 rings (SSSR count). The largest absolute Gasteiger partial charge is 0.613 e. The van der Waals surface area contributed by atoms with E-state index in [0.717, 1.165) is 0 Å². The molecule has 170 valence electrons. The molecule has 5 N–H and O–H groups in total. The molecule has 0 amide bonds. The topological polar surface area (TPSA) is 175 Å². The number of carbonyl (C=O) groups is 1. The number of rotatable bonds is 8. The second-order valence-corrected chi connectivity index (χ2v) is 9.00. The van der Waals surface area contributed by atoms with Crippen LogP contribution in [0.5, 0.6) is 0 Å². The molecule has 2 aromatic rings. The van der Waals surface area contributed by atoms with Crippen molar-refractivity contribution >= 4 is 31.1 Å². The van der Waals surface area contributed by atoms with Crippen molar-refractivity contribution < 1.29 is 28.8 Å². The minimum atomic E-state index is -2.39. The van der Waals surface area contributed by atoms with Crippen molar-refractivity contribution in [2.75, 3.05) is 12.3 Å². The van der Waals surface area contributed by atoms with Crippen molar-refractivity contribution in [3.05, 3.63) is 12.7 Å². The number of imidazole rings is 1. The molecule has 31 heavy (non-hydrogen) atoms. The number of nitrogens with two attached hydrogens (primary N) is 1. The number of aliphatic hydroxyl groups excluding tert-OH is 2. The fourth-order valence-electron chi connectivity index (χ4n) is 3.82. The molecule has 0 radical (unpaired) electrons. The Kier molecular flexibility index (Phi) is 7.17. The van der Waals surface area contributed by atoms with Gasteiger partial charge in [0.1, 0.15) is 30.6 Å². The number of nitrogen functional groups attached to an aromatic ring is 1. The van der Waals surface area contributed by atoms with Crippen LogP contribution in [0.3, 0.4) is 0 Å². The summed E-state index contributed by atoms with van der Waals surface area (Å²) in [4.78, 5) is 24.1. The van der Waals surface area contributed by atoms with Gasteiger partial charge >= 0.3 is 14.1 Å². The van der Waals surface area contributed by atoms with E-state index < -0.39 is 44.4 Å². The Labute approximate surface area is 180 Å². The van der Waals surface area contributed by atoms with E-state index in [-0.39, 0.29) is 24.4 Å². The zero-order valence-corrected chi connectivity index (χ0v) is 18.6. The van der Waals surface area contributed by atoms with Crippen molar-refractivity contribution in [3.63, 3.8) is 0 Å². The molecule has 1 aliphatic carbocycles. The van der Waals surface area contributed by atoms with E-state index in [2.05, 4.69) is 20.0 Å². The van der Waals surface area contributed by atoms with Crippen molar-refractivity contribution in [2.24, 2.45) is 11.8 Å². The van der Waals surface area contributed by atoms with Crippen LogP contribution in [-0.4, -0.2) is 66.7 Å². The summed E-state index contributed by atoms with van der Waals surface area (Å²) in [5.74, 6) is -1.11. The zero-order chi connectivity index (χ0) is 22.9. The fourth-order valence-corrected chi connectivity index (χ4v) is 4.63. The van der Waals surface area contributed by atoms with Crippen molar-refractivity contribution in [1.82, 2.24) is 24.6 Å². The minimum Gasteiger partial charge on any atom is -0.462 e. The van der Waals surface area contributed by atoms with Gasteiger partial charge in [-0.2, -0.15) is 0 Å². The lowest BCUT2D eigenvalue weighted by Gasteiger charge is -2.22. The number of esters is 1. The Bertz CT molecular complexity index is 955. The lowest BCUT2D eigenvalue weighted by Crippen LogP contribution is -2.33. The number of ether oxygens (including phenoxy) is 1. The van der Waals surface area contributed by atoms with Gasteiger partial charge in [0, 0.05) is 5.92 Å². The highest BCUT2D eigenvalue weighted by atomic mass is 31.1. The highest BCUT2D eigenvalue weighted by molar-refractivity contribution is 7.36. The molecule has 2 heterocycles. The van der Waals surface area contributed by atoms with Gasteiger partial charge in [0.2, 0.25) is 0 Å². The maximum Gasteiger partial charge on any atom is 0.613 e. The van der Waals surface area contributed by atoms with Crippen LogP contribution in [0.25, 0.3) is 11.2 Å². The number of fused-ring (bicyclic) bond motifs is 1. The van der Waals surface area contributed by atoms with E-state index in [4.69, 9.17) is 15.0 Å². The first kappa shape index (κ1) is 23.4. The smallest absolute Gasteiger partial charge is 0.462 e. The van der Waals surface area contributed by atoms with Crippen LogP contribution in [0.2, 0.25) is 0 Å². The number of nitrogens with one attached hydrogen (secondary N) is 1. The summed E-state index contributed by atoms with van der Waals surface area (Å²) in [6, 6.07) is -1.37. The van der Waals surface area contributed by atoms with Gasteiger partial charge in [-0.3, -0.25) is 4.79 Å². The number of aliphatic hydroxyl groups is 2. The van der Waals surface area contributed by atoms with Gasteiger partial charge in [0.05, 0.1) is 24.6 Å². The molecule has 0 aliphatic heterocycles. The lowest BCUT2D eigenvalue weighted by atomic mass is 9.95. The Balaban J connectivity index is 1.66. The third-order valence-electron chi connectivity index (χ3n) is 5.45. The molecule has 0 saturated heterocycles. The molecule has 13 heteroatoms. The molecule has 2 unspecified atom stereocenters. The molecular formula is C18H28N6O6P+. The van der Waals surface area contributed by atoms with Gasteiger partial charge < -0.3 is 25.3 Å². The van der Waals surface area contributed by atoms with Crippen LogP contribution in [0.15, 0.2) is 12.7 Å². The second kappa shape index (κ2) is 9.49. The van der Waals surface area contributed by atoms with Crippen LogP contribution in [-0.2, 0) is 18.6 Å². The summed E-state index contributed by atoms with van der Waals surface area (Å²) in [6.45, 7) is 6.71.